The number of hydrogen-bond acceptors (Lipinski definition) is 3. The van der Waals surface area contributed by atoms with E-state index in [1.807, 2.05) is 6.07 Å². The molecule has 0 bridgehead atoms. The van der Waals surface area contributed by atoms with Gasteiger partial charge in [-0.05, 0) is 48.5 Å². The second kappa shape index (κ2) is 7.38. The number of anilines is 1. The number of carbonyl (C=O) groups excluding carboxylic acids is 2. The number of hydrogen-bond donors (Lipinski definition) is 2. The van der Waals surface area contributed by atoms with E-state index in [0.29, 0.717) is 16.8 Å². The Morgan fingerprint density at radius 1 is 1.05 bits per heavy atom. The van der Waals surface area contributed by atoms with Crippen molar-refractivity contribution < 1.29 is 9.59 Å². The van der Waals surface area contributed by atoms with Gasteiger partial charge in [-0.2, -0.15) is 5.26 Å². The number of nitrogens with zero attached hydrogens (tertiary/aromatic N) is 1. The first-order valence-corrected chi connectivity index (χ1v) is 7.21. The van der Waals surface area contributed by atoms with Crippen LogP contribution in [0.2, 0.25) is 0 Å². The topological polar surface area (TPSA) is 82.0 Å². The summed E-state index contributed by atoms with van der Waals surface area (Å²) in [4.78, 5) is 23.6. The van der Waals surface area contributed by atoms with E-state index < -0.39 is 0 Å². The zero-order valence-corrected chi connectivity index (χ0v) is 13.1. The summed E-state index contributed by atoms with van der Waals surface area (Å²) >= 11 is 3.29. The van der Waals surface area contributed by atoms with Crippen LogP contribution in [0.15, 0.2) is 53.0 Å². The number of rotatable bonds is 4. The quantitative estimate of drug-likeness (QED) is 0.882. The molecule has 0 aliphatic rings. The first kappa shape index (κ1) is 15.7. The van der Waals surface area contributed by atoms with Gasteiger partial charge >= 0.3 is 0 Å². The van der Waals surface area contributed by atoms with E-state index in [1.165, 1.54) is 0 Å². The third-order valence-corrected chi connectivity index (χ3v) is 3.34. The van der Waals surface area contributed by atoms with Crippen LogP contribution in [0.25, 0.3) is 0 Å². The summed E-state index contributed by atoms with van der Waals surface area (Å²) in [5.74, 6) is -0.655. The van der Waals surface area contributed by atoms with Gasteiger partial charge < -0.3 is 10.6 Å². The third-order valence-electron chi connectivity index (χ3n) is 2.81. The van der Waals surface area contributed by atoms with Gasteiger partial charge in [0.05, 0.1) is 18.2 Å². The third kappa shape index (κ3) is 4.43. The highest BCUT2D eigenvalue weighted by atomic mass is 79.9. The fraction of sp³-hybridized carbons (Fsp3) is 0.0625. The van der Waals surface area contributed by atoms with Gasteiger partial charge in [0.15, 0.2) is 0 Å². The molecule has 2 amide bonds. The fourth-order valence-corrected chi connectivity index (χ4v) is 1.96. The van der Waals surface area contributed by atoms with Crippen molar-refractivity contribution in [2.24, 2.45) is 0 Å². The molecule has 0 heterocycles. The van der Waals surface area contributed by atoms with E-state index in [0.717, 1.165) is 4.47 Å². The van der Waals surface area contributed by atoms with Crippen LogP contribution in [0.3, 0.4) is 0 Å². The predicted molar refractivity (Wildman–Crippen MR) is 86.3 cm³/mol. The highest BCUT2D eigenvalue weighted by Crippen LogP contribution is 2.10. The smallest absolute Gasteiger partial charge is 0.251 e. The number of nitriles is 1. The summed E-state index contributed by atoms with van der Waals surface area (Å²) in [7, 11) is 0. The largest absolute Gasteiger partial charge is 0.343 e. The fourth-order valence-electron chi connectivity index (χ4n) is 1.70. The summed E-state index contributed by atoms with van der Waals surface area (Å²) < 4.78 is 0.877. The maximum atomic E-state index is 11.9. The average molecular weight is 358 g/mol. The van der Waals surface area contributed by atoms with Crippen LogP contribution in [0.1, 0.15) is 15.9 Å². The summed E-state index contributed by atoms with van der Waals surface area (Å²) in [5, 5.41) is 13.9. The van der Waals surface area contributed by atoms with Crippen molar-refractivity contribution in [3.05, 3.63) is 64.1 Å². The standard InChI is InChI=1S/C16H12BrN3O2/c17-13-5-3-12(4-6-13)16(22)19-10-15(21)20-14-7-1-11(9-18)2-8-14/h1-8H,10H2,(H,19,22)(H,20,21). The first-order chi connectivity index (χ1) is 10.6. The molecule has 110 valence electrons. The van der Waals surface area contributed by atoms with E-state index in [2.05, 4.69) is 26.6 Å². The average Bonchev–Trinajstić information content (AvgIpc) is 2.54. The van der Waals surface area contributed by atoms with E-state index in [1.54, 1.807) is 48.5 Å². The van der Waals surface area contributed by atoms with Crippen molar-refractivity contribution in [1.82, 2.24) is 5.32 Å². The van der Waals surface area contributed by atoms with Gasteiger partial charge in [-0.1, -0.05) is 15.9 Å². The summed E-state index contributed by atoms with van der Waals surface area (Å²) in [6.07, 6.45) is 0. The van der Waals surface area contributed by atoms with Crippen LogP contribution >= 0.6 is 15.9 Å². The van der Waals surface area contributed by atoms with Crippen LogP contribution in [-0.2, 0) is 4.79 Å². The van der Waals surface area contributed by atoms with Crippen LogP contribution in [0.5, 0.6) is 0 Å². The Kier molecular flexibility index (Phi) is 5.28. The number of amides is 2. The van der Waals surface area contributed by atoms with Crippen LogP contribution < -0.4 is 10.6 Å². The van der Waals surface area contributed by atoms with Gasteiger partial charge in [-0.3, -0.25) is 9.59 Å². The Labute approximate surface area is 136 Å². The molecular weight excluding hydrogens is 346 g/mol. The normalized spacial score (nSPS) is 9.64. The molecule has 22 heavy (non-hydrogen) atoms. The molecule has 2 aromatic carbocycles. The Bertz CT molecular complexity index is 719. The SMILES string of the molecule is N#Cc1ccc(NC(=O)CNC(=O)c2ccc(Br)cc2)cc1. The molecule has 0 aromatic heterocycles. The molecule has 0 unspecified atom stereocenters. The minimum Gasteiger partial charge on any atom is -0.343 e. The van der Waals surface area contributed by atoms with Crippen molar-refractivity contribution in [2.75, 3.05) is 11.9 Å². The number of nitrogens with one attached hydrogen (secondary N) is 2. The van der Waals surface area contributed by atoms with Crippen molar-refractivity contribution >= 4 is 33.4 Å². The monoisotopic (exact) mass is 357 g/mol. The van der Waals surface area contributed by atoms with Crippen molar-refractivity contribution in [3.63, 3.8) is 0 Å². The molecule has 2 N–H and O–H groups in total. The summed E-state index contributed by atoms with van der Waals surface area (Å²) in [6, 6.07) is 15.3. The van der Waals surface area contributed by atoms with E-state index >= 15 is 0 Å². The summed E-state index contributed by atoms with van der Waals surface area (Å²) in [6.45, 7) is -0.130. The predicted octanol–water partition coefficient (Wildman–Crippen LogP) is 2.69. The van der Waals surface area contributed by atoms with Gasteiger partial charge in [0.25, 0.3) is 5.91 Å². The molecule has 5 nitrogen and oxygen atoms in total. The van der Waals surface area contributed by atoms with Crippen molar-refractivity contribution in [3.8, 4) is 6.07 Å². The number of carbonyl (C=O) groups is 2. The lowest BCUT2D eigenvalue weighted by Crippen LogP contribution is -2.32. The second-order valence-corrected chi connectivity index (χ2v) is 5.34. The van der Waals surface area contributed by atoms with Gasteiger partial charge in [0, 0.05) is 15.7 Å². The van der Waals surface area contributed by atoms with E-state index in [4.69, 9.17) is 5.26 Å². The second-order valence-electron chi connectivity index (χ2n) is 4.43. The molecule has 0 aliphatic carbocycles. The lowest BCUT2D eigenvalue weighted by molar-refractivity contribution is -0.115. The Morgan fingerprint density at radius 2 is 1.68 bits per heavy atom. The van der Waals surface area contributed by atoms with Gasteiger partial charge in [0.2, 0.25) is 5.91 Å². The molecule has 0 saturated heterocycles. The minimum atomic E-state index is -0.338. The van der Waals surface area contributed by atoms with Crippen LogP contribution in [-0.4, -0.2) is 18.4 Å². The van der Waals surface area contributed by atoms with Crippen molar-refractivity contribution in [1.29, 1.82) is 5.26 Å². The highest BCUT2D eigenvalue weighted by molar-refractivity contribution is 9.10. The van der Waals surface area contributed by atoms with Crippen molar-refractivity contribution in [2.45, 2.75) is 0 Å². The Hall–Kier alpha value is -2.65. The maximum absolute atomic E-state index is 11.9. The number of benzene rings is 2. The molecule has 2 rings (SSSR count). The minimum absolute atomic E-state index is 0.130. The molecule has 0 atom stereocenters. The molecule has 0 spiro atoms. The summed E-state index contributed by atoms with van der Waals surface area (Å²) in [5.41, 5.74) is 1.57. The number of halogens is 1. The van der Waals surface area contributed by atoms with E-state index in [-0.39, 0.29) is 18.4 Å². The molecule has 0 saturated carbocycles. The van der Waals surface area contributed by atoms with Gasteiger partial charge in [-0.25, -0.2) is 0 Å². The maximum Gasteiger partial charge on any atom is 0.251 e. The Morgan fingerprint density at radius 3 is 2.27 bits per heavy atom. The lowest BCUT2D eigenvalue weighted by atomic mass is 10.2. The van der Waals surface area contributed by atoms with Gasteiger partial charge in [-0.15, -0.1) is 0 Å². The lowest BCUT2D eigenvalue weighted by Gasteiger charge is -2.07. The van der Waals surface area contributed by atoms with E-state index in [9.17, 15) is 9.59 Å². The molecule has 2 aromatic rings. The molecule has 0 aliphatic heterocycles. The van der Waals surface area contributed by atoms with Crippen LogP contribution in [0.4, 0.5) is 5.69 Å². The molecule has 6 heteroatoms. The molecular formula is C16H12BrN3O2. The first-order valence-electron chi connectivity index (χ1n) is 6.42. The molecule has 0 radical (unpaired) electrons. The molecule has 0 fully saturated rings. The zero-order valence-electron chi connectivity index (χ0n) is 11.5. The Balaban J connectivity index is 1.85. The highest BCUT2D eigenvalue weighted by Gasteiger charge is 2.08. The van der Waals surface area contributed by atoms with Gasteiger partial charge in [0.1, 0.15) is 0 Å². The van der Waals surface area contributed by atoms with Crippen LogP contribution in [0, 0.1) is 11.3 Å². The zero-order chi connectivity index (χ0) is 15.9.